The van der Waals surface area contributed by atoms with Gasteiger partial charge in [-0.15, -0.1) is 0 Å². The normalized spacial score (nSPS) is 19.8. The van der Waals surface area contributed by atoms with Crippen LogP contribution >= 0.6 is 11.6 Å². The first-order valence-corrected chi connectivity index (χ1v) is 14.4. The average molecular weight is 598 g/mol. The molecule has 2 aromatic heterocycles. The van der Waals surface area contributed by atoms with E-state index in [9.17, 15) is 14.0 Å². The lowest BCUT2D eigenvalue weighted by molar-refractivity contribution is -0.117. The smallest absolute Gasteiger partial charge is 0.356 e. The number of rotatable bonds is 11. The summed E-state index contributed by atoms with van der Waals surface area (Å²) < 4.78 is 30.5. The van der Waals surface area contributed by atoms with E-state index in [1.54, 1.807) is 30.5 Å². The van der Waals surface area contributed by atoms with E-state index in [1.807, 2.05) is 0 Å². The van der Waals surface area contributed by atoms with Crippen molar-refractivity contribution in [3.8, 4) is 5.88 Å². The van der Waals surface area contributed by atoms with Crippen LogP contribution in [0.15, 0.2) is 42.6 Å². The topological polar surface area (TPSA) is 125 Å². The van der Waals surface area contributed by atoms with Crippen LogP contribution < -0.4 is 15.4 Å². The predicted octanol–water partition coefficient (Wildman–Crippen LogP) is 5.21. The molecule has 1 aliphatic heterocycles. The first kappa shape index (κ1) is 29.7. The standard InChI is InChI=1S/C30H33ClFN5O5/c1-40-30(39)25-9-8-24(29(36-25)34-17-22-11-13-41-22)35-27(38)14-18-2-6-21(7-3-18)42-28-10-12-33-26(37-28)15-19-4-5-20(31)16-23(19)32/h4-5,8-10,12,16,18,21-22H,2-3,6-7,11,13-15,17H2,1H3,(H,34,36)(H,35,38)/t18?,21?,22-/m0/s1. The number of nitrogens with one attached hydrogen (secondary N) is 2. The Morgan fingerprint density at radius 2 is 1.90 bits per heavy atom. The highest BCUT2D eigenvalue weighted by atomic mass is 35.5. The molecule has 1 atom stereocenters. The molecule has 2 aliphatic rings. The number of aromatic nitrogens is 3. The monoisotopic (exact) mass is 597 g/mol. The van der Waals surface area contributed by atoms with Gasteiger partial charge in [0.05, 0.1) is 18.9 Å². The molecule has 1 saturated heterocycles. The van der Waals surface area contributed by atoms with Crippen LogP contribution in [0.3, 0.4) is 0 Å². The minimum atomic E-state index is -0.552. The van der Waals surface area contributed by atoms with Crippen LogP contribution in [0.4, 0.5) is 15.9 Å². The van der Waals surface area contributed by atoms with Crippen LogP contribution in [0.2, 0.25) is 5.02 Å². The summed E-state index contributed by atoms with van der Waals surface area (Å²) in [6.45, 7) is 1.25. The fraction of sp³-hybridized carbons (Fsp3) is 0.433. The van der Waals surface area contributed by atoms with Crippen molar-refractivity contribution in [1.82, 2.24) is 15.0 Å². The van der Waals surface area contributed by atoms with Crippen LogP contribution in [0, 0.1) is 11.7 Å². The summed E-state index contributed by atoms with van der Waals surface area (Å²) in [5.74, 6) is 0.453. The van der Waals surface area contributed by atoms with Crippen LogP contribution in [0.25, 0.3) is 0 Å². The van der Waals surface area contributed by atoms with Gasteiger partial charge in [0.15, 0.2) is 11.5 Å². The number of anilines is 2. The average Bonchev–Trinajstić information content (AvgIpc) is 2.95. The lowest BCUT2D eigenvalue weighted by Crippen LogP contribution is -2.34. The van der Waals surface area contributed by atoms with Gasteiger partial charge in [0.2, 0.25) is 11.8 Å². The Morgan fingerprint density at radius 1 is 1.10 bits per heavy atom. The molecule has 1 saturated carbocycles. The summed E-state index contributed by atoms with van der Waals surface area (Å²) in [5, 5.41) is 6.47. The SMILES string of the molecule is COC(=O)c1ccc(NC(=O)CC2CCC(Oc3ccnc(Cc4ccc(Cl)cc4F)n3)CC2)c(NC[C@@H]2CCO2)n1. The van der Waals surface area contributed by atoms with Crippen molar-refractivity contribution < 1.29 is 28.2 Å². The van der Waals surface area contributed by atoms with Gasteiger partial charge in [0.1, 0.15) is 17.7 Å². The highest BCUT2D eigenvalue weighted by Crippen LogP contribution is 2.30. The first-order chi connectivity index (χ1) is 20.4. The third kappa shape index (κ3) is 7.92. The van der Waals surface area contributed by atoms with Crippen molar-refractivity contribution in [3.05, 3.63) is 70.5 Å². The van der Waals surface area contributed by atoms with E-state index in [2.05, 4.69) is 25.6 Å². The Kier molecular flexibility index (Phi) is 9.81. The summed E-state index contributed by atoms with van der Waals surface area (Å²) in [5.41, 5.74) is 1.11. The van der Waals surface area contributed by atoms with Crippen LogP contribution in [-0.4, -0.2) is 59.3 Å². The zero-order valence-corrected chi connectivity index (χ0v) is 24.0. The van der Waals surface area contributed by atoms with Crippen molar-refractivity contribution in [3.63, 3.8) is 0 Å². The number of amides is 1. The number of methoxy groups -OCH3 is 1. The molecule has 0 unspecified atom stereocenters. The van der Waals surface area contributed by atoms with Crippen LogP contribution in [0.5, 0.6) is 5.88 Å². The number of ether oxygens (including phenoxy) is 3. The molecule has 2 N–H and O–H groups in total. The zero-order chi connectivity index (χ0) is 29.5. The predicted molar refractivity (Wildman–Crippen MR) is 154 cm³/mol. The van der Waals surface area contributed by atoms with Crippen LogP contribution in [0.1, 0.15) is 60.4 Å². The summed E-state index contributed by atoms with van der Waals surface area (Å²) in [6.07, 6.45) is 6.42. The van der Waals surface area contributed by atoms with Gasteiger partial charge in [0, 0.05) is 43.3 Å². The molecule has 10 nitrogen and oxygen atoms in total. The van der Waals surface area contributed by atoms with Crippen LogP contribution in [-0.2, 0) is 20.7 Å². The van der Waals surface area contributed by atoms with Gasteiger partial charge in [-0.2, -0.15) is 4.98 Å². The fourth-order valence-corrected chi connectivity index (χ4v) is 5.18. The molecule has 1 amide bonds. The molecule has 0 spiro atoms. The van der Waals surface area contributed by atoms with Gasteiger partial charge >= 0.3 is 5.97 Å². The minimum absolute atomic E-state index is 0.0288. The van der Waals surface area contributed by atoms with Gasteiger partial charge in [0.25, 0.3) is 0 Å². The third-order valence-corrected chi connectivity index (χ3v) is 7.69. The number of carbonyl (C=O) groups excluding carboxylic acids is 2. The van der Waals surface area contributed by atoms with Gasteiger partial charge in [-0.25, -0.2) is 19.2 Å². The van der Waals surface area contributed by atoms with Gasteiger partial charge < -0.3 is 24.8 Å². The maximum Gasteiger partial charge on any atom is 0.356 e. The Morgan fingerprint density at radius 3 is 2.62 bits per heavy atom. The number of esters is 1. The maximum absolute atomic E-state index is 14.2. The Labute approximate surface area is 248 Å². The quantitative estimate of drug-likeness (QED) is 0.287. The third-order valence-electron chi connectivity index (χ3n) is 7.45. The number of benzene rings is 1. The fourth-order valence-electron chi connectivity index (χ4n) is 5.02. The molecule has 1 aliphatic carbocycles. The zero-order valence-electron chi connectivity index (χ0n) is 23.3. The van der Waals surface area contributed by atoms with Gasteiger partial charge in [-0.1, -0.05) is 17.7 Å². The molecule has 2 fully saturated rings. The molecule has 0 bridgehead atoms. The van der Waals surface area contributed by atoms with Crippen molar-refractivity contribution >= 4 is 35.0 Å². The number of nitrogens with zero attached hydrogens (tertiary/aromatic N) is 3. The van der Waals surface area contributed by atoms with E-state index >= 15 is 0 Å². The summed E-state index contributed by atoms with van der Waals surface area (Å²) >= 11 is 5.84. The number of halogens is 2. The van der Waals surface area contributed by atoms with Crippen molar-refractivity contribution in [1.29, 1.82) is 0 Å². The second-order valence-electron chi connectivity index (χ2n) is 10.5. The summed E-state index contributed by atoms with van der Waals surface area (Å²) in [6, 6.07) is 9.42. The van der Waals surface area contributed by atoms with E-state index in [1.165, 1.54) is 19.2 Å². The lowest BCUT2D eigenvalue weighted by atomic mass is 9.85. The van der Waals surface area contributed by atoms with E-state index in [0.717, 1.165) is 38.7 Å². The summed E-state index contributed by atoms with van der Waals surface area (Å²) in [4.78, 5) is 38.0. The Hall–Kier alpha value is -3.83. The van der Waals surface area contributed by atoms with Gasteiger partial charge in [-0.05, 0) is 67.9 Å². The number of pyridine rings is 1. The number of hydrogen-bond acceptors (Lipinski definition) is 9. The van der Waals surface area contributed by atoms with E-state index in [0.29, 0.717) is 46.8 Å². The Bertz CT molecular complexity index is 1410. The molecular weight excluding hydrogens is 565 g/mol. The number of carbonyl (C=O) groups is 2. The molecule has 1 aromatic carbocycles. The highest BCUT2D eigenvalue weighted by molar-refractivity contribution is 6.30. The lowest BCUT2D eigenvalue weighted by Gasteiger charge is -2.28. The Balaban J connectivity index is 1.11. The molecule has 5 rings (SSSR count). The molecular formula is C30H33ClFN5O5. The van der Waals surface area contributed by atoms with Crippen molar-refractivity contribution in [2.45, 2.75) is 57.2 Å². The van der Waals surface area contributed by atoms with Gasteiger partial charge in [-0.3, -0.25) is 4.79 Å². The van der Waals surface area contributed by atoms with E-state index < -0.39 is 11.8 Å². The highest BCUT2D eigenvalue weighted by Gasteiger charge is 2.26. The molecule has 3 aromatic rings. The van der Waals surface area contributed by atoms with Crippen molar-refractivity contribution in [2.24, 2.45) is 5.92 Å². The van der Waals surface area contributed by atoms with E-state index in [4.69, 9.17) is 25.8 Å². The van der Waals surface area contributed by atoms with Crippen molar-refractivity contribution in [2.75, 3.05) is 30.9 Å². The second kappa shape index (κ2) is 13.9. The molecule has 12 heteroatoms. The minimum Gasteiger partial charge on any atom is -0.474 e. The molecule has 222 valence electrons. The molecule has 42 heavy (non-hydrogen) atoms. The maximum atomic E-state index is 14.2. The summed E-state index contributed by atoms with van der Waals surface area (Å²) in [7, 11) is 1.30. The number of hydrogen-bond donors (Lipinski definition) is 2. The first-order valence-electron chi connectivity index (χ1n) is 14.0. The van der Waals surface area contributed by atoms with E-state index in [-0.39, 0.29) is 36.1 Å². The molecule has 0 radical (unpaired) electrons. The molecule has 3 heterocycles. The largest absolute Gasteiger partial charge is 0.474 e. The second-order valence-corrected chi connectivity index (χ2v) is 10.9.